The highest BCUT2D eigenvalue weighted by atomic mass is 32.2. The lowest BCUT2D eigenvalue weighted by atomic mass is 9.95. The maximum absolute atomic E-state index is 12.2. The molecule has 1 aromatic rings. The topological polar surface area (TPSA) is 137 Å². The van der Waals surface area contributed by atoms with E-state index >= 15 is 0 Å². The molecule has 0 radical (unpaired) electrons. The zero-order chi connectivity index (χ0) is 22.2. The number of carbonyl (C=O) groups is 2. The van der Waals surface area contributed by atoms with Gasteiger partial charge in [0.25, 0.3) is 14.9 Å². The van der Waals surface area contributed by atoms with Crippen molar-refractivity contribution in [2.45, 2.75) is 31.7 Å². The first-order chi connectivity index (χ1) is 14.3. The fourth-order valence-corrected chi connectivity index (χ4v) is 3.66. The van der Waals surface area contributed by atoms with Gasteiger partial charge in [-0.05, 0) is 30.0 Å². The van der Waals surface area contributed by atoms with Gasteiger partial charge in [-0.25, -0.2) is 18.0 Å². The Labute approximate surface area is 175 Å². The highest BCUT2D eigenvalue weighted by molar-refractivity contribution is 7.91. The van der Waals surface area contributed by atoms with E-state index in [4.69, 9.17) is 15.3 Å². The minimum absolute atomic E-state index is 0.0680. The van der Waals surface area contributed by atoms with Crippen LogP contribution in [0.25, 0.3) is 11.1 Å². The summed E-state index contributed by atoms with van der Waals surface area (Å²) in [7, 11) is -4.43. The van der Waals surface area contributed by atoms with Gasteiger partial charge >= 0.3 is 12.1 Å². The van der Waals surface area contributed by atoms with E-state index in [-0.39, 0.29) is 19.6 Å². The number of ether oxygens (including phenoxy) is 2. The number of amides is 1. The van der Waals surface area contributed by atoms with E-state index < -0.39 is 27.0 Å². The number of alkyl carbamates (subject to hydrolysis) is 1. The lowest BCUT2D eigenvalue weighted by Gasteiger charge is -2.29. The molecule has 0 bridgehead atoms. The number of carbonyl (C=O) groups excluding carboxylic acids is 2. The van der Waals surface area contributed by atoms with E-state index in [0.717, 1.165) is 0 Å². The Kier molecular flexibility index (Phi) is 7.93. The third kappa shape index (κ3) is 5.15. The molecule has 0 saturated heterocycles. The minimum Gasteiger partial charge on any atom is -0.463 e. The standard InChI is InChI=1S/C14H21N3O6S.C6H4/c1-3-14(12(18)22-4-2,24(20,21)17-15)16-13(19)23-10-11-8-6-5-7-9-11;1-2-6-4-3-5(1)6/h5-9,17H,3-4,10,15H2,1-2H3,(H,16,19);1-4H. The summed E-state index contributed by atoms with van der Waals surface area (Å²) in [6.07, 6.45) is -1.40. The second-order valence-electron chi connectivity index (χ2n) is 6.29. The number of hydrazine groups is 1. The van der Waals surface area contributed by atoms with Crippen LogP contribution in [0.1, 0.15) is 25.8 Å². The molecule has 9 nitrogen and oxygen atoms in total. The molecule has 1 unspecified atom stereocenters. The third-order valence-electron chi connectivity index (χ3n) is 4.45. The maximum atomic E-state index is 12.2. The number of nitrogens with two attached hydrogens (primary N) is 1. The second kappa shape index (κ2) is 10.2. The van der Waals surface area contributed by atoms with Crippen molar-refractivity contribution in [1.82, 2.24) is 10.1 Å². The molecule has 0 aliphatic heterocycles. The highest BCUT2D eigenvalue weighted by Gasteiger charge is 2.52. The van der Waals surface area contributed by atoms with Crippen molar-refractivity contribution in [1.29, 1.82) is 0 Å². The fourth-order valence-electron chi connectivity index (χ4n) is 2.59. The van der Waals surface area contributed by atoms with Gasteiger partial charge in [0.15, 0.2) is 0 Å². The number of hydrogen-bond acceptors (Lipinski definition) is 7. The predicted octanol–water partition coefficient (Wildman–Crippen LogP) is 2.04. The Bertz CT molecular complexity index is 943. The molecule has 3 rings (SSSR count). The summed E-state index contributed by atoms with van der Waals surface area (Å²) in [5.41, 5.74) is 3.55. The molecular weight excluding hydrogens is 410 g/mol. The monoisotopic (exact) mass is 435 g/mol. The molecule has 4 N–H and O–H groups in total. The van der Waals surface area contributed by atoms with Gasteiger partial charge in [0.1, 0.15) is 6.61 Å². The van der Waals surface area contributed by atoms with E-state index in [2.05, 4.69) is 29.6 Å². The molecule has 10 heteroatoms. The van der Waals surface area contributed by atoms with Crippen LogP contribution in [0, 0.1) is 0 Å². The lowest BCUT2D eigenvalue weighted by Crippen LogP contribution is -2.64. The van der Waals surface area contributed by atoms with Crippen LogP contribution in [0.2, 0.25) is 0 Å². The van der Waals surface area contributed by atoms with E-state index in [1.165, 1.54) is 25.0 Å². The van der Waals surface area contributed by atoms with E-state index in [1.807, 2.05) is 0 Å². The molecule has 0 fully saturated rings. The zero-order valence-corrected chi connectivity index (χ0v) is 17.6. The summed E-state index contributed by atoms with van der Waals surface area (Å²) in [6, 6.07) is 17.2. The van der Waals surface area contributed by atoms with E-state index in [1.54, 1.807) is 35.2 Å². The van der Waals surface area contributed by atoms with Gasteiger partial charge in [-0.1, -0.05) is 61.5 Å². The Morgan fingerprint density at radius 1 is 0.967 bits per heavy atom. The first-order valence-electron chi connectivity index (χ1n) is 9.28. The molecule has 1 atom stereocenters. The van der Waals surface area contributed by atoms with Crippen LogP contribution in [-0.4, -0.2) is 32.0 Å². The van der Waals surface area contributed by atoms with Crippen LogP contribution in [-0.2, 0) is 30.9 Å². The minimum atomic E-state index is -4.43. The number of fused-ring (bicyclic) bond motifs is 1. The molecule has 0 aromatic heterocycles. The van der Waals surface area contributed by atoms with Crippen LogP contribution in [0.15, 0.2) is 54.6 Å². The molecule has 0 heterocycles. The molecule has 0 spiro atoms. The molecule has 1 aromatic carbocycles. The van der Waals surface area contributed by atoms with Gasteiger partial charge in [-0.15, -0.1) is 0 Å². The number of sulfonamides is 1. The summed E-state index contributed by atoms with van der Waals surface area (Å²) in [5.74, 6) is 3.85. The molecule has 2 aliphatic rings. The normalized spacial score (nSPS) is 13.2. The van der Waals surface area contributed by atoms with Crippen LogP contribution in [0.4, 0.5) is 4.79 Å². The Morgan fingerprint density at radius 2 is 1.53 bits per heavy atom. The quantitative estimate of drug-likeness (QED) is 0.280. The summed E-state index contributed by atoms with van der Waals surface area (Å²) in [6.45, 7) is 2.74. The average molecular weight is 436 g/mol. The van der Waals surface area contributed by atoms with Crippen molar-refractivity contribution in [3.63, 3.8) is 0 Å². The number of esters is 1. The van der Waals surface area contributed by atoms with E-state index in [9.17, 15) is 18.0 Å². The summed E-state index contributed by atoms with van der Waals surface area (Å²) in [4.78, 5) is 23.3. The molecule has 1 amide bonds. The van der Waals surface area contributed by atoms with Crippen LogP contribution in [0.3, 0.4) is 0 Å². The lowest BCUT2D eigenvalue weighted by molar-refractivity contribution is -0.147. The second-order valence-corrected chi connectivity index (χ2v) is 8.23. The Morgan fingerprint density at radius 3 is 1.93 bits per heavy atom. The van der Waals surface area contributed by atoms with Crippen molar-refractivity contribution in [3.05, 3.63) is 60.2 Å². The summed E-state index contributed by atoms with van der Waals surface area (Å²) < 4.78 is 34.1. The Hall–Kier alpha value is -2.95. The summed E-state index contributed by atoms with van der Waals surface area (Å²) in [5, 5.41) is 2.06. The van der Waals surface area contributed by atoms with Crippen molar-refractivity contribution in [3.8, 4) is 11.1 Å². The maximum Gasteiger partial charge on any atom is 0.409 e. The van der Waals surface area contributed by atoms with Gasteiger partial charge in [0, 0.05) is 0 Å². The highest BCUT2D eigenvalue weighted by Crippen LogP contribution is 2.29. The smallest absolute Gasteiger partial charge is 0.409 e. The van der Waals surface area contributed by atoms with Crippen molar-refractivity contribution in [2.24, 2.45) is 5.84 Å². The van der Waals surface area contributed by atoms with Gasteiger partial charge < -0.3 is 9.47 Å². The molecule has 2 aliphatic carbocycles. The van der Waals surface area contributed by atoms with Crippen molar-refractivity contribution < 1.29 is 27.5 Å². The SMILES string of the molecule is CCOC(=O)C(CC)(NC(=O)OCc1ccccc1)S(=O)(=O)NN.c1cc2ccc1-2. The number of benzene rings is 2. The molecule has 162 valence electrons. The number of nitrogens with one attached hydrogen (secondary N) is 2. The van der Waals surface area contributed by atoms with Gasteiger partial charge in [0.2, 0.25) is 0 Å². The zero-order valence-electron chi connectivity index (χ0n) is 16.8. The first kappa shape index (κ1) is 23.3. The molecular formula is C20H25N3O6S. The largest absolute Gasteiger partial charge is 0.463 e. The predicted molar refractivity (Wildman–Crippen MR) is 111 cm³/mol. The fraction of sp³-hybridized carbons (Fsp3) is 0.300. The molecule has 30 heavy (non-hydrogen) atoms. The van der Waals surface area contributed by atoms with E-state index in [0.29, 0.717) is 5.56 Å². The van der Waals surface area contributed by atoms with Crippen LogP contribution in [0.5, 0.6) is 0 Å². The van der Waals surface area contributed by atoms with Crippen molar-refractivity contribution in [2.75, 3.05) is 6.61 Å². The van der Waals surface area contributed by atoms with Crippen LogP contribution < -0.4 is 16.0 Å². The number of hydrogen-bond donors (Lipinski definition) is 3. The molecule has 0 saturated carbocycles. The van der Waals surface area contributed by atoms with Crippen LogP contribution >= 0.6 is 0 Å². The van der Waals surface area contributed by atoms with Crippen molar-refractivity contribution >= 4 is 22.1 Å². The van der Waals surface area contributed by atoms with Gasteiger partial charge in [0.05, 0.1) is 6.61 Å². The Balaban J connectivity index is 0.000000443. The first-order valence-corrected chi connectivity index (χ1v) is 10.8. The van der Waals surface area contributed by atoms with Gasteiger partial charge in [-0.3, -0.25) is 11.2 Å². The third-order valence-corrected chi connectivity index (χ3v) is 6.24. The number of rotatable bonds is 8. The average Bonchev–Trinajstić information content (AvgIpc) is 2.74. The van der Waals surface area contributed by atoms with Gasteiger partial charge in [-0.2, -0.15) is 4.83 Å². The summed E-state index contributed by atoms with van der Waals surface area (Å²) >= 11 is 0.